The third-order valence-corrected chi connectivity index (χ3v) is 2.08. The maximum atomic E-state index is 5.80. The molecule has 0 saturated carbocycles. The van der Waals surface area contributed by atoms with Crippen LogP contribution in [0.25, 0.3) is 0 Å². The van der Waals surface area contributed by atoms with E-state index in [1.54, 1.807) is 0 Å². The summed E-state index contributed by atoms with van der Waals surface area (Å²) in [4.78, 5) is 4.31. The monoisotopic (exact) mass is 197 g/mol. The SMILES string of the molecule is CCC(N)Cc1noc(C(C)(C)C)n1. The van der Waals surface area contributed by atoms with Crippen molar-refractivity contribution in [3.8, 4) is 0 Å². The molecule has 0 aliphatic carbocycles. The van der Waals surface area contributed by atoms with E-state index >= 15 is 0 Å². The van der Waals surface area contributed by atoms with Gasteiger partial charge in [-0.15, -0.1) is 0 Å². The summed E-state index contributed by atoms with van der Waals surface area (Å²) < 4.78 is 5.16. The molecule has 14 heavy (non-hydrogen) atoms. The molecule has 0 saturated heterocycles. The highest BCUT2D eigenvalue weighted by molar-refractivity contribution is 4.99. The Hall–Kier alpha value is -0.900. The van der Waals surface area contributed by atoms with E-state index in [2.05, 4.69) is 17.1 Å². The number of rotatable bonds is 3. The van der Waals surface area contributed by atoms with Crippen molar-refractivity contribution < 1.29 is 4.52 Å². The van der Waals surface area contributed by atoms with Crippen LogP contribution in [0.15, 0.2) is 4.52 Å². The highest BCUT2D eigenvalue weighted by Crippen LogP contribution is 2.19. The lowest BCUT2D eigenvalue weighted by Crippen LogP contribution is -2.22. The molecule has 0 amide bonds. The fourth-order valence-corrected chi connectivity index (χ4v) is 1.02. The van der Waals surface area contributed by atoms with Crippen LogP contribution in [-0.2, 0) is 11.8 Å². The Balaban J connectivity index is 2.69. The van der Waals surface area contributed by atoms with Gasteiger partial charge >= 0.3 is 0 Å². The largest absolute Gasteiger partial charge is 0.339 e. The van der Waals surface area contributed by atoms with Crippen molar-refractivity contribution in [3.63, 3.8) is 0 Å². The van der Waals surface area contributed by atoms with Gasteiger partial charge in [0.05, 0.1) is 0 Å². The van der Waals surface area contributed by atoms with Gasteiger partial charge in [-0.1, -0.05) is 32.9 Å². The molecule has 0 aromatic carbocycles. The number of hydrogen-bond donors (Lipinski definition) is 1. The molecular formula is C10H19N3O. The first-order valence-electron chi connectivity index (χ1n) is 5.02. The first-order valence-corrected chi connectivity index (χ1v) is 5.02. The first kappa shape index (κ1) is 11.2. The summed E-state index contributed by atoms with van der Waals surface area (Å²) in [5.41, 5.74) is 5.72. The van der Waals surface area contributed by atoms with Gasteiger partial charge < -0.3 is 10.3 Å². The summed E-state index contributed by atoms with van der Waals surface area (Å²) in [6, 6.07) is 0.125. The number of nitrogens with two attached hydrogens (primary N) is 1. The fraction of sp³-hybridized carbons (Fsp3) is 0.800. The Kier molecular flexibility index (Phi) is 3.26. The molecular weight excluding hydrogens is 178 g/mol. The molecule has 1 rings (SSSR count). The normalized spacial score (nSPS) is 14.4. The maximum absolute atomic E-state index is 5.80. The molecule has 2 N–H and O–H groups in total. The average Bonchev–Trinajstić information content (AvgIpc) is 2.51. The molecule has 1 heterocycles. The molecule has 0 fully saturated rings. The van der Waals surface area contributed by atoms with Crippen molar-refractivity contribution in [2.45, 2.75) is 52.0 Å². The Morgan fingerprint density at radius 3 is 2.50 bits per heavy atom. The zero-order valence-corrected chi connectivity index (χ0v) is 9.37. The zero-order chi connectivity index (χ0) is 10.8. The van der Waals surface area contributed by atoms with Crippen molar-refractivity contribution in [2.75, 3.05) is 0 Å². The van der Waals surface area contributed by atoms with E-state index < -0.39 is 0 Å². The Morgan fingerprint density at radius 2 is 2.07 bits per heavy atom. The van der Waals surface area contributed by atoms with E-state index in [-0.39, 0.29) is 11.5 Å². The fourth-order valence-electron chi connectivity index (χ4n) is 1.02. The van der Waals surface area contributed by atoms with Gasteiger partial charge in [0.1, 0.15) is 0 Å². The van der Waals surface area contributed by atoms with E-state index in [1.807, 2.05) is 20.8 Å². The smallest absolute Gasteiger partial charge is 0.232 e. The molecule has 0 aliphatic rings. The lowest BCUT2D eigenvalue weighted by atomic mass is 9.97. The topological polar surface area (TPSA) is 64.9 Å². The third kappa shape index (κ3) is 2.80. The summed E-state index contributed by atoms with van der Waals surface area (Å²) in [6.45, 7) is 8.19. The molecule has 0 radical (unpaired) electrons. The number of hydrogen-bond acceptors (Lipinski definition) is 4. The highest BCUT2D eigenvalue weighted by Gasteiger charge is 2.21. The summed E-state index contributed by atoms with van der Waals surface area (Å²) in [5, 5.41) is 3.90. The van der Waals surface area contributed by atoms with Crippen LogP contribution >= 0.6 is 0 Å². The van der Waals surface area contributed by atoms with Gasteiger partial charge in [0.25, 0.3) is 0 Å². The van der Waals surface area contributed by atoms with E-state index in [1.165, 1.54) is 0 Å². The summed E-state index contributed by atoms with van der Waals surface area (Å²) in [7, 11) is 0. The standard InChI is InChI=1S/C10H19N3O/c1-5-7(11)6-8-12-9(14-13-8)10(2,3)4/h7H,5-6,11H2,1-4H3. The third-order valence-electron chi connectivity index (χ3n) is 2.08. The molecule has 0 spiro atoms. The summed E-state index contributed by atoms with van der Waals surface area (Å²) in [6.07, 6.45) is 1.62. The minimum atomic E-state index is -0.0818. The predicted octanol–water partition coefficient (Wildman–Crippen LogP) is 1.65. The molecule has 1 unspecified atom stereocenters. The van der Waals surface area contributed by atoms with Gasteiger partial charge in [-0.2, -0.15) is 4.98 Å². The molecule has 4 heteroatoms. The predicted molar refractivity (Wildman–Crippen MR) is 55.0 cm³/mol. The van der Waals surface area contributed by atoms with E-state index in [0.717, 1.165) is 6.42 Å². The van der Waals surface area contributed by atoms with Crippen molar-refractivity contribution >= 4 is 0 Å². The van der Waals surface area contributed by atoms with Crippen molar-refractivity contribution in [1.29, 1.82) is 0 Å². The number of aromatic nitrogens is 2. The minimum Gasteiger partial charge on any atom is -0.339 e. The van der Waals surface area contributed by atoms with Gasteiger partial charge in [0.15, 0.2) is 5.82 Å². The molecule has 0 aliphatic heterocycles. The molecule has 1 aromatic rings. The van der Waals surface area contributed by atoms with Crippen LogP contribution in [0.2, 0.25) is 0 Å². The second-order valence-electron chi connectivity index (χ2n) is 4.64. The second kappa shape index (κ2) is 4.09. The van der Waals surface area contributed by atoms with Gasteiger partial charge in [-0.05, 0) is 6.42 Å². The lowest BCUT2D eigenvalue weighted by molar-refractivity contribution is 0.317. The van der Waals surface area contributed by atoms with E-state index in [0.29, 0.717) is 18.1 Å². The molecule has 80 valence electrons. The van der Waals surface area contributed by atoms with Crippen molar-refractivity contribution in [3.05, 3.63) is 11.7 Å². The van der Waals surface area contributed by atoms with Gasteiger partial charge in [0, 0.05) is 17.9 Å². The summed E-state index contributed by atoms with van der Waals surface area (Å²) >= 11 is 0. The van der Waals surface area contributed by atoms with Gasteiger partial charge in [0.2, 0.25) is 5.89 Å². The van der Waals surface area contributed by atoms with Crippen LogP contribution in [0.5, 0.6) is 0 Å². The van der Waals surface area contributed by atoms with E-state index in [4.69, 9.17) is 10.3 Å². The molecule has 1 aromatic heterocycles. The lowest BCUT2D eigenvalue weighted by Gasteiger charge is -2.10. The Bertz CT molecular complexity index is 288. The maximum Gasteiger partial charge on any atom is 0.232 e. The van der Waals surface area contributed by atoms with Crippen LogP contribution in [0.1, 0.15) is 45.8 Å². The quantitative estimate of drug-likeness (QED) is 0.800. The molecule has 4 nitrogen and oxygen atoms in total. The van der Waals surface area contributed by atoms with Crippen LogP contribution in [0, 0.1) is 0 Å². The Morgan fingerprint density at radius 1 is 1.43 bits per heavy atom. The van der Waals surface area contributed by atoms with E-state index in [9.17, 15) is 0 Å². The van der Waals surface area contributed by atoms with Gasteiger partial charge in [-0.3, -0.25) is 0 Å². The van der Waals surface area contributed by atoms with Crippen LogP contribution in [-0.4, -0.2) is 16.2 Å². The Labute approximate surface area is 84.9 Å². The highest BCUT2D eigenvalue weighted by atomic mass is 16.5. The summed E-state index contributed by atoms with van der Waals surface area (Å²) in [5.74, 6) is 1.39. The minimum absolute atomic E-state index is 0.0818. The van der Waals surface area contributed by atoms with Crippen molar-refractivity contribution in [2.24, 2.45) is 5.73 Å². The van der Waals surface area contributed by atoms with Crippen molar-refractivity contribution in [1.82, 2.24) is 10.1 Å². The average molecular weight is 197 g/mol. The van der Waals surface area contributed by atoms with Crippen LogP contribution < -0.4 is 5.73 Å². The first-order chi connectivity index (χ1) is 6.43. The van der Waals surface area contributed by atoms with Crippen LogP contribution in [0.3, 0.4) is 0 Å². The van der Waals surface area contributed by atoms with Crippen LogP contribution in [0.4, 0.5) is 0 Å². The second-order valence-corrected chi connectivity index (χ2v) is 4.64. The molecule has 1 atom stereocenters. The van der Waals surface area contributed by atoms with Gasteiger partial charge in [-0.25, -0.2) is 0 Å². The number of nitrogens with zero attached hydrogens (tertiary/aromatic N) is 2. The zero-order valence-electron chi connectivity index (χ0n) is 9.37. The molecule has 0 bridgehead atoms.